The van der Waals surface area contributed by atoms with Gasteiger partial charge in [0.15, 0.2) is 0 Å². The van der Waals surface area contributed by atoms with Crippen LogP contribution in [0.15, 0.2) is 30.9 Å². The zero-order valence-corrected chi connectivity index (χ0v) is 10.6. The summed E-state index contributed by atoms with van der Waals surface area (Å²) in [5, 5.41) is 8.21. The highest BCUT2D eigenvalue weighted by Crippen LogP contribution is 2.19. The molecule has 0 amide bonds. The van der Waals surface area contributed by atoms with Crippen LogP contribution in [0.5, 0.6) is 0 Å². The standard InChI is InChI=1S/C12H15ClN4/c1-9(2)15-6-10-3-4-11(13)5-12(10)17-8-14-7-16-17/h3-5,7-9,15H,6H2,1-2H3. The molecular weight excluding hydrogens is 236 g/mol. The van der Waals surface area contributed by atoms with Crippen LogP contribution < -0.4 is 5.32 Å². The van der Waals surface area contributed by atoms with Crippen molar-refractivity contribution in [1.82, 2.24) is 20.1 Å². The minimum atomic E-state index is 0.439. The summed E-state index contributed by atoms with van der Waals surface area (Å²) in [5.74, 6) is 0. The normalized spacial score (nSPS) is 11.1. The molecule has 1 aromatic heterocycles. The van der Waals surface area contributed by atoms with Gasteiger partial charge in [0.1, 0.15) is 12.7 Å². The molecule has 0 bridgehead atoms. The van der Waals surface area contributed by atoms with Crippen LogP contribution in [0, 0.1) is 0 Å². The van der Waals surface area contributed by atoms with E-state index in [0.717, 1.165) is 17.8 Å². The Bertz CT molecular complexity index is 479. The second-order valence-corrected chi connectivity index (χ2v) is 4.59. The Kier molecular flexibility index (Phi) is 3.76. The number of nitrogens with zero attached hydrogens (tertiary/aromatic N) is 3. The van der Waals surface area contributed by atoms with Gasteiger partial charge in [-0.15, -0.1) is 0 Å². The van der Waals surface area contributed by atoms with E-state index in [-0.39, 0.29) is 0 Å². The van der Waals surface area contributed by atoms with Crippen molar-refractivity contribution < 1.29 is 0 Å². The van der Waals surface area contributed by atoms with Gasteiger partial charge in [0.2, 0.25) is 0 Å². The second-order valence-electron chi connectivity index (χ2n) is 4.15. The van der Waals surface area contributed by atoms with Crippen molar-refractivity contribution in [2.45, 2.75) is 26.4 Å². The molecule has 0 aliphatic heterocycles. The van der Waals surface area contributed by atoms with Gasteiger partial charge in [0.05, 0.1) is 5.69 Å². The molecule has 0 fully saturated rings. The predicted molar refractivity (Wildman–Crippen MR) is 68.3 cm³/mol. The topological polar surface area (TPSA) is 42.7 Å². The Balaban J connectivity index is 2.31. The van der Waals surface area contributed by atoms with Crippen molar-refractivity contribution in [1.29, 1.82) is 0 Å². The molecule has 2 rings (SSSR count). The van der Waals surface area contributed by atoms with Crippen LogP contribution in [-0.2, 0) is 6.54 Å². The molecule has 0 aliphatic carbocycles. The third-order valence-electron chi connectivity index (χ3n) is 2.41. The molecule has 0 saturated heterocycles. The zero-order valence-electron chi connectivity index (χ0n) is 9.89. The van der Waals surface area contributed by atoms with Crippen molar-refractivity contribution in [3.63, 3.8) is 0 Å². The van der Waals surface area contributed by atoms with E-state index in [0.29, 0.717) is 11.1 Å². The molecule has 0 saturated carbocycles. The van der Waals surface area contributed by atoms with E-state index in [9.17, 15) is 0 Å². The van der Waals surface area contributed by atoms with Gasteiger partial charge in [-0.3, -0.25) is 0 Å². The second kappa shape index (κ2) is 5.29. The van der Waals surface area contributed by atoms with E-state index in [2.05, 4.69) is 29.2 Å². The van der Waals surface area contributed by atoms with Crippen molar-refractivity contribution in [3.8, 4) is 5.69 Å². The average molecular weight is 251 g/mol. The highest BCUT2D eigenvalue weighted by molar-refractivity contribution is 6.30. The maximum Gasteiger partial charge on any atom is 0.138 e. The maximum atomic E-state index is 6.01. The van der Waals surface area contributed by atoms with Crippen molar-refractivity contribution in [3.05, 3.63) is 41.4 Å². The Morgan fingerprint density at radius 1 is 1.41 bits per heavy atom. The lowest BCUT2D eigenvalue weighted by Crippen LogP contribution is -2.22. The summed E-state index contributed by atoms with van der Waals surface area (Å²) in [6.45, 7) is 5.01. The smallest absolute Gasteiger partial charge is 0.138 e. The molecule has 0 aliphatic rings. The van der Waals surface area contributed by atoms with Gasteiger partial charge in [-0.25, -0.2) is 9.67 Å². The van der Waals surface area contributed by atoms with Crippen molar-refractivity contribution in [2.24, 2.45) is 0 Å². The third-order valence-corrected chi connectivity index (χ3v) is 2.65. The van der Waals surface area contributed by atoms with Crippen LogP contribution in [0.2, 0.25) is 5.02 Å². The molecule has 1 N–H and O–H groups in total. The summed E-state index contributed by atoms with van der Waals surface area (Å²) in [7, 11) is 0. The zero-order chi connectivity index (χ0) is 12.3. The van der Waals surface area contributed by atoms with Crippen LogP contribution in [-0.4, -0.2) is 20.8 Å². The number of rotatable bonds is 4. The lowest BCUT2D eigenvalue weighted by molar-refractivity contribution is 0.586. The van der Waals surface area contributed by atoms with E-state index in [1.54, 1.807) is 11.0 Å². The highest BCUT2D eigenvalue weighted by Gasteiger charge is 2.06. The number of hydrogen-bond donors (Lipinski definition) is 1. The Hall–Kier alpha value is -1.39. The molecule has 90 valence electrons. The Labute approximate surface area is 106 Å². The lowest BCUT2D eigenvalue weighted by Gasteiger charge is -2.12. The molecule has 5 heteroatoms. The lowest BCUT2D eigenvalue weighted by atomic mass is 10.1. The molecular formula is C12H15ClN4. The van der Waals surface area contributed by atoms with Crippen LogP contribution in [0.1, 0.15) is 19.4 Å². The van der Waals surface area contributed by atoms with Crippen molar-refractivity contribution >= 4 is 11.6 Å². The fourth-order valence-electron chi connectivity index (χ4n) is 1.55. The van der Waals surface area contributed by atoms with Crippen molar-refractivity contribution in [2.75, 3.05) is 0 Å². The number of aromatic nitrogens is 3. The molecule has 4 nitrogen and oxygen atoms in total. The molecule has 1 heterocycles. The summed E-state index contributed by atoms with van der Waals surface area (Å²) >= 11 is 6.01. The summed E-state index contributed by atoms with van der Waals surface area (Å²) in [5.41, 5.74) is 2.11. The minimum absolute atomic E-state index is 0.439. The number of nitrogens with one attached hydrogen (secondary N) is 1. The first-order valence-electron chi connectivity index (χ1n) is 5.53. The van der Waals surface area contributed by atoms with E-state index in [1.807, 2.05) is 18.2 Å². The SMILES string of the molecule is CC(C)NCc1ccc(Cl)cc1-n1cncn1. The summed E-state index contributed by atoms with van der Waals surface area (Å²) in [4.78, 5) is 3.95. The first-order chi connectivity index (χ1) is 8.16. The van der Waals surface area contributed by atoms with Gasteiger partial charge >= 0.3 is 0 Å². The van der Waals surface area contributed by atoms with Gasteiger partial charge in [-0.1, -0.05) is 31.5 Å². The summed E-state index contributed by atoms with van der Waals surface area (Å²) in [6, 6.07) is 6.23. The average Bonchev–Trinajstić information content (AvgIpc) is 2.80. The van der Waals surface area contributed by atoms with Crippen LogP contribution in [0.4, 0.5) is 0 Å². The number of hydrogen-bond acceptors (Lipinski definition) is 3. The summed E-state index contributed by atoms with van der Waals surface area (Å²) in [6.07, 6.45) is 3.19. The first kappa shape index (κ1) is 12.1. The maximum absolute atomic E-state index is 6.01. The molecule has 0 atom stereocenters. The molecule has 0 unspecified atom stereocenters. The van der Waals surface area contributed by atoms with Crippen LogP contribution >= 0.6 is 11.6 Å². The van der Waals surface area contributed by atoms with Gasteiger partial charge < -0.3 is 5.32 Å². The quantitative estimate of drug-likeness (QED) is 0.906. The predicted octanol–water partition coefficient (Wildman–Crippen LogP) is 2.42. The molecule has 2 aromatic rings. The largest absolute Gasteiger partial charge is 0.310 e. The fourth-order valence-corrected chi connectivity index (χ4v) is 1.71. The highest BCUT2D eigenvalue weighted by atomic mass is 35.5. The van der Waals surface area contributed by atoms with Crippen LogP contribution in [0.3, 0.4) is 0 Å². The Morgan fingerprint density at radius 3 is 2.88 bits per heavy atom. The van der Waals surface area contributed by atoms with E-state index in [4.69, 9.17) is 11.6 Å². The van der Waals surface area contributed by atoms with E-state index in [1.165, 1.54) is 6.33 Å². The van der Waals surface area contributed by atoms with Gasteiger partial charge in [0.25, 0.3) is 0 Å². The third kappa shape index (κ3) is 3.05. The molecule has 0 spiro atoms. The van der Waals surface area contributed by atoms with Gasteiger partial charge in [-0.05, 0) is 17.7 Å². The number of benzene rings is 1. The minimum Gasteiger partial charge on any atom is -0.310 e. The number of halogens is 1. The molecule has 17 heavy (non-hydrogen) atoms. The van der Waals surface area contributed by atoms with Gasteiger partial charge in [-0.2, -0.15) is 5.10 Å². The Morgan fingerprint density at radius 2 is 2.24 bits per heavy atom. The molecule has 1 aromatic carbocycles. The van der Waals surface area contributed by atoms with Gasteiger partial charge in [0, 0.05) is 17.6 Å². The summed E-state index contributed by atoms with van der Waals surface area (Å²) < 4.78 is 1.73. The molecule has 0 radical (unpaired) electrons. The van der Waals surface area contributed by atoms with E-state index >= 15 is 0 Å². The van der Waals surface area contributed by atoms with Crippen LogP contribution in [0.25, 0.3) is 5.69 Å². The fraction of sp³-hybridized carbons (Fsp3) is 0.333. The van der Waals surface area contributed by atoms with E-state index < -0.39 is 0 Å². The monoisotopic (exact) mass is 250 g/mol. The first-order valence-corrected chi connectivity index (χ1v) is 5.91.